The lowest BCUT2D eigenvalue weighted by atomic mass is 10.00. The van der Waals surface area contributed by atoms with E-state index in [4.69, 9.17) is 17.4 Å². The van der Waals surface area contributed by atoms with Crippen molar-refractivity contribution in [1.29, 1.82) is 0 Å². The predicted octanol–water partition coefficient (Wildman–Crippen LogP) is 2.71. The fourth-order valence-corrected chi connectivity index (χ4v) is 1.99. The molecule has 0 saturated carbocycles. The van der Waals surface area contributed by atoms with Crippen LogP contribution in [0.15, 0.2) is 30.6 Å². The molecule has 0 bridgehead atoms. The first-order valence-electron chi connectivity index (χ1n) is 5.24. The highest BCUT2D eigenvalue weighted by molar-refractivity contribution is 6.31. The Morgan fingerprint density at radius 3 is 2.58 bits per heavy atom. The number of nitrogens with two attached hydrogens (primary N) is 1. The highest BCUT2D eigenvalue weighted by atomic mass is 35.5. The second-order valence-corrected chi connectivity index (χ2v) is 4.20. The molecule has 0 radical (unpaired) electrons. The first-order chi connectivity index (χ1) is 9.04. The maximum absolute atomic E-state index is 13.8. The first kappa shape index (κ1) is 13.8. The molecule has 3 nitrogen and oxygen atoms in total. The average molecular weight is 288 g/mol. The fraction of sp³-hybridized carbons (Fsp3) is 0.0833. The average Bonchev–Trinajstić information content (AvgIpc) is 2.39. The van der Waals surface area contributed by atoms with Crippen molar-refractivity contribution in [1.82, 2.24) is 10.4 Å². The summed E-state index contributed by atoms with van der Waals surface area (Å²) in [7, 11) is 0. The number of halogens is 4. The van der Waals surface area contributed by atoms with Crippen LogP contribution in [0.25, 0.3) is 0 Å². The molecule has 1 aromatic heterocycles. The molecule has 0 spiro atoms. The molecular formula is C12H9ClF3N3. The molecule has 1 atom stereocenters. The van der Waals surface area contributed by atoms with E-state index in [2.05, 4.69) is 10.4 Å². The van der Waals surface area contributed by atoms with Crippen LogP contribution in [0, 0.1) is 17.5 Å². The molecule has 0 amide bonds. The summed E-state index contributed by atoms with van der Waals surface area (Å²) < 4.78 is 40.2. The van der Waals surface area contributed by atoms with Crippen LogP contribution in [0.2, 0.25) is 5.02 Å². The van der Waals surface area contributed by atoms with Gasteiger partial charge in [-0.1, -0.05) is 11.6 Å². The van der Waals surface area contributed by atoms with Crippen molar-refractivity contribution in [2.75, 3.05) is 0 Å². The van der Waals surface area contributed by atoms with Crippen LogP contribution in [0.4, 0.5) is 13.2 Å². The molecule has 2 aromatic rings. The summed E-state index contributed by atoms with van der Waals surface area (Å²) in [5.74, 6) is 2.50. The maximum Gasteiger partial charge on any atom is 0.165 e. The van der Waals surface area contributed by atoms with Crippen LogP contribution in [0.1, 0.15) is 17.2 Å². The van der Waals surface area contributed by atoms with Gasteiger partial charge in [-0.2, -0.15) is 0 Å². The fourth-order valence-electron chi connectivity index (χ4n) is 1.74. The summed E-state index contributed by atoms with van der Waals surface area (Å²) in [6, 6.07) is 2.20. The summed E-state index contributed by atoms with van der Waals surface area (Å²) in [5, 5.41) is -0.0221. The minimum absolute atomic E-state index is 0.0221. The molecule has 0 aliphatic carbocycles. The Bertz CT molecular complexity index is 607. The zero-order chi connectivity index (χ0) is 14.0. The number of hydrazine groups is 1. The number of pyridine rings is 1. The lowest BCUT2D eigenvalue weighted by molar-refractivity contribution is 0.482. The Hall–Kier alpha value is -1.63. The molecule has 1 aromatic carbocycles. The van der Waals surface area contributed by atoms with Gasteiger partial charge < -0.3 is 0 Å². The largest absolute Gasteiger partial charge is 0.271 e. The highest BCUT2D eigenvalue weighted by Crippen LogP contribution is 2.31. The van der Waals surface area contributed by atoms with E-state index >= 15 is 0 Å². The van der Waals surface area contributed by atoms with Crippen LogP contribution in [-0.4, -0.2) is 4.98 Å². The van der Waals surface area contributed by atoms with Crippen molar-refractivity contribution < 1.29 is 13.2 Å². The lowest BCUT2D eigenvalue weighted by Crippen LogP contribution is -2.30. The number of aromatic nitrogens is 1. The second kappa shape index (κ2) is 5.56. The zero-order valence-corrected chi connectivity index (χ0v) is 10.3. The van der Waals surface area contributed by atoms with Crippen LogP contribution >= 0.6 is 11.6 Å². The summed E-state index contributed by atoms with van der Waals surface area (Å²) >= 11 is 5.85. The number of benzene rings is 1. The zero-order valence-electron chi connectivity index (χ0n) is 9.50. The Kier molecular flexibility index (Phi) is 4.04. The third-order valence-electron chi connectivity index (χ3n) is 2.59. The van der Waals surface area contributed by atoms with Crippen molar-refractivity contribution in [3.8, 4) is 0 Å². The third-order valence-corrected chi connectivity index (χ3v) is 2.92. The Morgan fingerprint density at radius 1 is 1.21 bits per heavy atom. The van der Waals surface area contributed by atoms with E-state index in [0.29, 0.717) is 0 Å². The topological polar surface area (TPSA) is 50.9 Å². The van der Waals surface area contributed by atoms with Crippen molar-refractivity contribution in [2.24, 2.45) is 5.84 Å². The summed E-state index contributed by atoms with van der Waals surface area (Å²) in [6.45, 7) is 0. The van der Waals surface area contributed by atoms with E-state index in [9.17, 15) is 13.2 Å². The molecular weight excluding hydrogens is 279 g/mol. The molecule has 19 heavy (non-hydrogen) atoms. The predicted molar refractivity (Wildman–Crippen MR) is 64.7 cm³/mol. The molecule has 1 heterocycles. The van der Waals surface area contributed by atoms with Gasteiger partial charge in [-0.15, -0.1) is 0 Å². The lowest BCUT2D eigenvalue weighted by Gasteiger charge is -2.18. The van der Waals surface area contributed by atoms with Crippen molar-refractivity contribution in [3.05, 3.63) is 64.2 Å². The highest BCUT2D eigenvalue weighted by Gasteiger charge is 2.23. The first-order valence-corrected chi connectivity index (χ1v) is 5.62. The van der Waals surface area contributed by atoms with Gasteiger partial charge in [-0.25, -0.2) is 18.6 Å². The molecule has 0 aliphatic heterocycles. The molecule has 1 unspecified atom stereocenters. The number of hydrogen-bond donors (Lipinski definition) is 2. The van der Waals surface area contributed by atoms with Gasteiger partial charge >= 0.3 is 0 Å². The Labute approximate surface area is 112 Å². The van der Waals surface area contributed by atoms with E-state index in [1.54, 1.807) is 0 Å². The molecule has 2 rings (SSSR count). The number of rotatable bonds is 3. The van der Waals surface area contributed by atoms with E-state index in [1.807, 2.05) is 0 Å². The number of nitrogens with one attached hydrogen (secondary N) is 1. The third kappa shape index (κ3) is 2.70. The number of hydrogen-bond acceptors (Lipinski definition) is 3. The van der Waals surface area contributed by atoms with Crippen molar-refractivity contribution in [3.63, 3.8) is 0 Å². The molecule has 7 heteroatoms. The van der Waals surface area contributed by atoms with Crippen LogP contribution in [0.5, 0.6) is 0 Å². The van der Waals surface area contributed by atoms with Gasteiger partial charge in [0.2, 0.25) is 0 Å². The maximum atomic E-state index is 13.8. The van der Waals surface area contributed by atoms with Crippen LogP contribution in [-0.2, 0) is 0 Å². The van der Waals surface area contributed by atoms with Crippen molar-refractivity contribution >= 4 is 11.6 Å². The van der Waals surface area contributed by atoms with Gasteiger partial charge in [0.1, 0.15) is 5.82 Å². The monoisotopic (exact) mass is 287 g/mol. The van der Waals surface area contributed by atoms with Crippen molar-refractivity contribution in [2.45, 2.75) is 6.04 Å². The van der Waals surface area contributed by atoms with Gasteiger partial charge in [0.15, 0.2) is 11.6 Å². The molecule has 0 aliphatic rings. The summed E-state index contributed by atoms with van der Waals surface area (Å²) in [4.78, 5) is 3.63. The quantitative estimate of drug-likeness (QED) is 0.518. The van der Waals surface area contributed by atoms with Gasteiger partial charge in [0, 0.05) is 16.8 Å². The van der Waals surface area contributed by atoms with E-state index in [0.717, 1.165) is 18.3 Å². The van der Waals surface area contributed by atoms with Gasteiger partial charge in [-0.3, -0.25) is 10.8 Å². The Morgan fingerprint density at radius 2 is 1.95 bits per heavy atom. The minimum atomic E-state index is -1.14. The Balaban J connectivity index is 2.57. The molecule has 100 valence electrons. The van der Waals surface area contributed by atoms with E-state index < -0.39 is 23.5 Å². The van der Waals surface area contributed by atoms with E-state index in [-0.39, 0.29) is 16.1 Å². The molecule has 3 N–H and O–H groups in total. The normalized spacial score (nSPS) is 12.5. The second-order valence-electron chi connectivity index (χ2n) is 3.79. The molecule has 0 fully saturated rings. The minimum Gasteiger partial charge on any atom is -0.271 e. The van der Waals surface area contributed by atoms with E-state index in [1.165, 1.54) is 12.3 Å². The van der Waals surface area contributed by atoms with Gasteiger partial charge in [-0.05, 0) is 23.8 Å². The van der Waals surface area contributed by atoms with Crippen LogP contribution in [0.3, 0.4) is 0 Å². The van der Waals surface area contributed by atoms with Crippen LogP contribution < -0.4 is 11.3 Å². The summed E-state index contributed by atoms with van der Waals surface area (Å²) in [5.41, 5.74) is 2.31. The standard InChI is InChI=1S/C12H9ClF3N3/c13-8-1-2-9(15)11(16)10(8)12(19-17)6-3-7(14)5-18-4-6/h1-5,12,19H,17H2. The number of nitrogens with zero attached hydrogens (tertiary/aromatic N) is 1. The molecule has 0 saturated heterocycles. The smallest absolute Gasteiger partial charge is 0.165 e. The summed E-state index contributed by atoms with van der Waals surface area (Å²) in [6.07, 6.45) is 2.27. The SMILES string of the molecule is NNC(c1cncc(F)c1)c1c(Cl)ccc(F)c1F. The van der Waals surface area contributed by atoms with Gasteiger partial charge in [0.25, 0.3) is 0 Å². The van der Waals surface area contributed by atoms with Gasteiger partial charge in [0.05, 0.1) is 12.2 Å².